The summed E-state index contributed by atoms with van der Waals surface area (Å²) in [5.41, 5.74) is -0.673. The highest BCUT2D eigenvalue weighted by atomic mass is 17.3. The van der Waals surface area contributed by atoms with Crippen LogP contribution < -0.4 is 0 Å². The average Bonchev–Trinajstić information content (AvgIpc) is 2.61. The molecule has 4 aliphatic heterocycles. The number of fused-ring (bicyclic) bond motifs is 2. The van der Waals surface area contributed by atoms with Crippen molar-refractivity contribution in [2.24, 2.45) is 23.7 Å². The topological polar surface area (TPSA) is 54.0 Å². The number of carbonyl (C=O) groups excluding carboxylic acids is 1. The van der Waals surface area contributed by atoms with Crippen LogP contribution in [-0.4, -0.2) is 23.1 Å². The third kappa shape index (κ3) is 1.55. The second-order valence-electron chi connectivity index (χ2n) is 7.66. The molecule has 0 amide bonds. The van der Waals surface area contributed by atoms with E-state index in [4.69, 9.17) is 19.2 Å². The summed E-state index contributed by atoms with van der Waals surface area (Å²) in [7, 11) is 0. The van der Waals surface area contributed by atoms with Crippen LogP contribution in [0.15, 0.2) is 0 Å². The summed E-state index contributed by atoms with van der Waals surface area (Å²) in [6.45, 7) is 7.94. The van der Waals surface area contributed by atoms with Crippen LogP contribution in [0.2, 0.25) is 0 Å². The highest BCUT2D eigenvalue weighted by Gasteiger charge is 2.75. The smallest absolute Gasteiger partial charge is 0.311 e. The Bertz CT molecular complexity index is 493. The summed E-state index contributed by atoms with van der Waals surface area (Å²) in [5.74, 6) is -1.35. The van der Waals surface area contributed by atoms with Gasteiger partial charge in [-0.3, -0.25) is 4.79 Å². The minimum atomic E-state index is -1.05. The van der Waals surface area contributed by atoms with Gasteiger partial charge in [0.15, 0.2) is 5.60 Å². The Kier molecular flexibility index (Phi) is 2.66. The van der Waals surface area contributed by atoms with Gasteiger partial charge in [0.1, 0.15) is 0 Å². The van der Waals surface area contributed by atoms with Gasteiger partial charge in [-0.2, -0.15) is 0 Å². The Morgan fingerprint density at radius 3 is 2.57 bits per heavy atom. The monoisotopic (exact) mass is 296 g/mol. The molecule has 0 unspecified atom stereocenters. The summed E-state index contributed by atoms with van der Waals surface area (Å²) in [6.07, 6.45) is 3.81. The van der Waals surface area contributed by atoms with Crippen LogP contribution in [0.5, 0.6) is 0 Å². The van der Waals surface area contributed by atoms with Crippen molar-refractivity contribution in [1.29, 1.82) is 0 Å². The maximum Gasteiger partial charge on any atom is 0.311 e. The lowest BCUT2D eigenvalue weighted by molar-refractivity contribution is -0.584. The largest absolute Gasteiger partial charge is 0.430 e. The minimum absolute atomic E-state index is 0.0904. The fourth-order valence-electron chi connectivity index (χ4n) is 5.27. The zero-order valence-electron chi connectivity index (χ0n) is 13.2. The maximum absolute atomic E-state index is 12.3. The fourth-order valence-corrected chi connectivity index (χ4v) is 5.27. The van der Waals surface area contributed by atoms with Crippen molar-refractivity contribution in [2.75, 3.05) is 0 Å². The predicted octanol–water partition coefficient (Wildman–Crippen LogP) is 2.79. The molecule has 118 valence electrons. The first-order valence-electron chi connectivity index (χ1n) is 8.11. The van der Waals surface area contributed by atoms with Gasteiger partial charge in [-0.05, 0) is 32.1 Å². The lowest BCUT2D eigenvalue weighted by atomic mass is 9.56. The quantitative estimate of drug-likeness (QED) is 0.508. The van der Waals surface area contributed by atoms with Gasteiger partial charge in [0.2, 0.25) is 11.6 Å². The first kappa shape index (κ1) is 14.0. The molecule has 5 heteroatoms. The summed E-state index contributed by atoms with van der Waals surface area (Å²) in [5, 5.41) is 0. The van der Waals surface area contributed by atoms with E-state index in [0.29, 0.717) is 11.8 Å². The molecule has 0 N–H and O–H groups in total. The number of hydrogen-bond donors (Lipinski definition) is 0. The lowest BCUT2D eigenvalue weighted by Crippen LogP contribution is -2.75. The maximum atomic E-state index is 12.3. The van der Waals surface area contributed by atoms with Crippen molar-refractivity contribution in [1.82, 2.24) is 0 Å². The number of esters is 1. The third-order valence-corrected chi connectivity index (χ3v) is 6.38. The summed E-state index contributed by atoms with van der Waals surface area (Å²) in [6, 6.07) is 0. The molecule has 1 spiro atoms. The van der Waals surface area contributed by atoms with Crippen molar-refractivity contribution >= 4 is 5.97 Å². The van der Waals surface area contributed by atoms with Gasteiger partial charge in [-0.1, -0.05) is 13.8 Å². The first-order valence-corrected chi connectivity index (χ1v) is 8.11. The normalized spacial score (nSPS) is 59.1. The Labute approximate surface area is 125 Å². The van der Waals surface area contributed by atoms with Crippen LogP contribution in [0.1, 0.15) is 53.4 Å². The molecule has 5 nitrogen and oxygen atoms in total. The van der Waals surface area contributed by atoms with Crippen LogP contribution in [0.4, 0.5) is 0 Å². The molecule has 1 saturated carbocycles. The van der Waals surface area contributed by atoms with Gasteiger partial charge >= 0.3 is 5.97 Å². The molecule has 0 aromatic heterocycles. The zero-order valence-corrected chi connectivity index (χ0v) is 13.2. The first-order chi connectivity index (χ1) is 9.81. The SMILES string of the molecule is C[C@@H]1CC[C@H]2[C@@H](C)C(=O)O[C@]3(C)O[C@@]4(C)CC[C@@H]1[C@@]23OO4. The number of hydrogen-bond acceptors (Lipinski definition) is 5. The summed E-state index contributed by atoms with van der Waals surface area (Å²) >= 11 is 0. The van der Waals surface area contributed by atoms with Crippen LogP contribution in [0, 0.1) is 23.7 Å². The molecule has 0 aromatic rings. The van der Waals surface area contributed by atoms with E-state index in [0.717, 1.165) is 25.7 Å². The van der Waals surface area contributed by atoms with Crippen molar-refractivity contribution < 1.29 is 24.0 Å². The molecule has 5 rings (SSSR count). The molecule has 7 atom stereocenters. The van der Waals surface area contributed by atoms with Crippen LogP contribution in [0.25, 0.3) is 0 Å². The zero-order chi connectivity index (χ0) is 15.0. The van der Waals surface area contributed by atoms with Crippen LogP contribution in [0.3, 0.4) is 0 Å². The molecule has 21 heavy (non-hydrogen) atoms. The molecule has 1 aliphatic carbocycles. The van der Waals surface area contributed by atoms with E-state index in [-0.39, 0.29) is 17.8 Å². The molecular formula is C16H24O5. The van der Waals surface area contributed by atoms with Crippen molar-refractivity contribution in [3.63, 3.8) is 0 Å². The number of carbonyl (C=O) groups is 1. The van der Waals surface area contributed by atoms with E-state index in [1.807, 2.05) is 20.8 Å². The van der Waals surface area contributed by atoms with E-state index in [2.05, 4.69) is 6.92 Å². The van der Waals surface area contributed by atoms with Crippen molar-refractivity contribution in [2.45, 2.75) is 70.6 Å². The molecular weight excluding hydrogens is 272 g/mol. The Morgan fingerprint density at radius 1 is 1.05 bits per heavy atom. The Hall–Kier alpha value is -0.650. The Morgan fingerprint density at radius 2 is 1.81 bits per heavy atom. The molecule has 0 radical (unpaired) electrons. The van der Waals surface area contributed by atoms with Crippen LogP contribution >= 0.6 is 0 Å². The van der Waals surface area contributed by atoms with Gasteiger partial charge < -0.3 is 9.47 Å². The molecule has 5 aliphatic rings. The predicted molar refractivity (Wildman–Crippen MR) is 72.7 cm³/mol. The van der Waals surface area contributed by atoms with Crippen molar-refractivity contribution in [3.8, 4) is 0 Å². The highest BCUT2D eigenvalue weighted by molar-refractivity contribution is 5.74. The van der Waals surface area contributed by atoms with Gasteiger partial charge in [0.25, 0.3) is 0 Å². The summed E-state index contributed by atoms with van der Waals surface area (Å²) in [4.78, 5) is 24.0. The van der Waals surface area contributed by atoms with Crippen molar-refractivity contribution in [3.05, 3.63) is 0 Å². The second-order valence-corrected chi connectivity index (χ2v) is 7.66. The lowest BCUT2D eigenvalue weighted by Gasteiger charge is -2.62. The third-order valence-electron chi connectivity index (χ3n) is 6.38. The fraction of sp³-hybridized carbons (Fsp3) is 0.938. The average molecular weight is 296 g/mol. The van der Waals surface area contributed by atoms with E-state index in [1.54, 1.807) is 0 Å². The molecule has 5 fully saturated rings. The van der Waals surface area contributed by atoms with Gasteiger partial charge in [-0.15, -0.1) is 0 Å². The van der Waals surface area contributed by atoms with Gasteiger partial charge in [0.05, 0.1) is 5.92 Å². The standard InChI is InChI=1S/C16H24O5/c1-9-5-6-12-10(2)13(17)18-15(4)16(12)11(9)7-8-14(3,19-15)20-21-16/h9-12H,5-8H2,1-4H3/t9-,10-,11+,12+,14-,15-,16-/m1/s1. The van der Waals surface area contributed by atoms with E-state index in [9.17, 15) is 4.79 Å². The minimum Gasteiger partial charge on any atom is -0.430 e. The molecule has 4 heterocycles. The number of ether oxygens (including phenoxy) is 2. The summed E-state index contributed by atoms with van der Waals surface area (Å²) < 4.78 is 12.0. The Balaban J connectivity index is 1.90. The van der Waals surface area contributed by atoms with E-state index >= 15 is 0 Å². The second kappa shape index (κ2) is 4.00. The van der Waals surface area contributed by atoms with E-state index < -0.39 is 17.2 Å². The highest BCUT2D eigenvalue weighted by Crippen LogP contribution is 2.63. The molecule has 2 bridgehead atoms. The molecule has 4 saturated heterocycles. The van der Waals surface area contributed by atoms with Gasteiger partial charge in [-0.25, -0.2) is 9.78 Å². The number of rotatable bonds is 0. The van der Waals surface area contributed by atoms with Crippen LogP contribution in [-0.2, 0) is 24.0 Å². The molecule has 0 aromatic carbocycles. The van der Waals surface area contributed by atoms with E-state index in [1.165, 1.54) is 0 Å². The van der Waals surface area contributed by atoms with Gasteiger partial charge in [0, 0.05) is 25.2 Å².